The van der Waals surface area contributed by atoms with Crippen LogP contribution in [0.15, 0.2) is 27.5 Å². The molecule has 0 spiro atoms. The van der Waals surface area contributed by atoms with Crippen LogP contribution < -0.4 is 4.72 Å². The van der Waals surface area contributed by atoms with Crippen LogP contribution >= 0.6 is 11.6 Å². The van der Waals surface area contributed by atoms with Gasteiger partial charge in [0.1, 0.15) is 11.6 Å². The lowest BCUT2D eigenvalue weighted by Crippen LogP contribution is -2.38. The standard InChI is InChI=1S/C18H21ClFN3O4S/c1-11-5-7-23(8-6-11)18(24)17-12(2)27-16(22-17)10-21-28(25,26)13-3-4-15(20)14(19)9-13/h3-4,9,11,21H,5-8,10H2,1-2H3. The van der Waals surface area contributed by atoms with Gasteiger partial charge < -0.3 is 9.32 Å². The highest BCUT2D eigenvalue weighted by Gasteiger charge is 2.26. The van der Waals surface area contributed by atoms with Crippen molar-refractivity contribution in [3.8, 4) is 0 Å². The summed E-state index contributed by atoms with van der Waals surface area (Å²) in [6.45, 7) is 4.86. The Kier molecular flexibility index (Phi) is 6.07. The summed E-state index contributed by atoms with van der Waals surface area (Å²) in [6, 6.07) is 3.10. The largest absolute Gasteiger partial charge is 0.444 e. The van der Waals surface area contributed by atoms with Crippen molar-refractivity contribution in [3.05, 3.63) is 46.4 Å². The van der Waals surface area contributed by atoms with E-state index in [1.165, 1.54) is 0 Å². The number of amides is 1. The number of aromatic nitrogens is 1. The van der Waals surface area contributed by atoms with E-state index < -0.39 is 15.8 Å². The number of nitrogens with one attached hydrogen (secondary N) is 1. The number of hydrogen-bond donors (Lipinski definition) is 1. The Hall–Kier alpha value is -1.97. The fraction of sp³-hybridized carbons (Fsp3) is 0.444. The molecule has 0 atom stereocenters. The number of likely N-dealkylation sites (tertiary alicyclic amines) is 1. The number of aryl methyl sites for hydroxylation is 1. The van der Waals surface area contributed by atoms with Crippen molar-refractivity contribution in [1.82, 2.24) is 14.6 Å². The maximum atomic E-state index is 13.2. The highest BCUT2D eigenvalue weighted by Crippen LogP contribution is 2.21. The van der Waals surface area contributed by atoms with Crippen molar-refractivity contribution in [2.75, 3.05) is 13.1 Å². The molecule has 7 nitrogen and oxygen atoms in total. The van der Waals surface area contributed by atoms with Crippen LogP contribution in [-0.2, 0) is 16.6 Å². The van der Waals surface area contributed by atoms with Crippen molar-refractivity contribution < 1.29 is 22.0 Å². The van der Waals surface area contributed by atoms with Crippen LogP contribution in [0, 0.1) is 18.7 Å². The van der Waals surface area contributed by atoms with Crippen LogP contribution in [0.3, 0.4) is 0 Å². The molecule has 1 N–H and O–H groups in total. The lowest BCUT2D eigenvalue weighted by molar-refractivity contribution is 0.0690. The zero-order valence-corrected chi connectivity index (χ0v) is 17.1. The van der Waals surface area contributed by atoms with Crippen LogP contribution in [-0.4, -0.2) is 37.3 Å². The summed E-state index contributed by atoms with van der Waals surface area (Å²) in [5.41, 5.74) is 0.188. The molecule has 10 heteroatoms. The van der Waals surface area contributed by atoms with Crippen LogP contribution in [0.25, 0.3) is 0 Å². The molecule has 0 aliphatic carbocycles. The Morgan fingerprint density at radius 3 is 2.71 bits per heavy atom. The second-order valence-electron chi connectivity index (χ2n) is 6.89. The van der Waals surface area contributed by atoms with Gasteiger partial charge >= 0.3 is 0 Å². The summed E-state index contributed by atoms with van der Waals surface area (Å²) in [4.78, 5) is 18.4. The lowest BCUT2D eigenvalue weighted by Gasteiger charge is -2.29. The first kappa shape index (κ1) is 20.8. The predicted octanol–water partition coefficient (Wildman–Crippen LogP) is 3.13. The van der Waals surface area contributed by atoms with Crippen molar-refractivity contribution in [3.63, 3.8) is 0 Å². The Morgan fingerprint density at radius 1 is 1.39 bits per heavy atom. The number of halogens is 2. The van der Waals surface area contributed by atoms with E-state index in [0.29, 0.717) is 24.8 Å². The Balaban J connectivity index is 1.69. The molecule has 1 aliphatic heterocycles. The third-order valence-electron chi connectivity index (χ3n) is 4.73. The van der Waals surface area contributed by atoms with Gasteiger partial charge in [-0.2, -0.15) is 0 Å². The van der Waals surface area contributed by atoms with E-state index in [2.05, 4.69) is 16.6 Å². The van der Waals surface area contributed by atoms with Gasteiger partial charge in [-0.25, -0.2) is 22.5 Å². The molecule has 2 aromatic rings. The first-order valence-corrected chi connectivity index (χ1v) is 10.7. The van der Waals surface area contributed by atoms with Gasteiger partial charge in [-0.15, -0.1) is 0 Å². The van der Waals surface area contributed by atoms with E-state index in [1.807, 2.05) is 0 Å². The molecule has 1 amide bonds. The molecule has 2 heterocycles. The van der Waals surface area contributed by atoms with Crippen LogP contribution in [0.4, 0.5) is 4.39 Å². The van der Waals surface area contributed by atoms with Crippen molar-refractivity contribution >= 4 is 27.5 Å². The van der Waals surface area contributed by atoms with Gasteiger partial charge in [0.25, 0.3) is 5.91 Å². The van der Waals surface area contributed by atoms with Crippen molar-refractivity contribution in [2.45, 2.75) is 38.1 Å². The van der Waals surface area contributed by atoms with Crippen molar-refractivity contribution in [1.29, 1.82) is 0 Å². The molecule has 1 aliphatic rings. The molecule has 0 unspecified atom stereocenters. The molecular formula is C18H21ClFN3O4S. The van der Waals surface area contributed by atoms with E-state index in [1.54, 1.807) is 11.8 Å². The highest BCUT2D eigenvalue weighted by atomic mass is 35.5. The van der Waals surface area contributed by atoms with E-state index >= 15 is 0 Å². The van der Waals surface area contributed by atoms with Crippen LogP contribution in [0.1, 0.15) is 41.9 Å². The topological polar surface area (TPSA) is 92.5 Å². The first-order valence-electron chi connectivity index (χ1n) is 8.87. The fourth-order valence-corrected chi connectivity index (χ4v) is 4.22. The number of benzene rings is 1. The van der Waals surface area contributed by atoms with E-state index in [4.69, 9.17) is 16.0 Å². The van der Waals surface area contributed by atoms with Crippen molar-refractivity contribution in [2.24, 2.45) is 5.92 Å². The summed E-state index contributed by atoms with van der Waals surface area (Å²) in [5.74, 6) is 0.0739. The molecule has 1 aromatic heterocycles. The number of carbonyl (C=O) groups excluding carboxylic acids is 1. The predicted molar refractivity (Wildman–Crippen MR) is 101 cm³/mol. The second kappa shape index (κ2) is 8.18. The normalized spacial score (nSPS) is 15.8. The Labute approximate surface area is 167 Å². The van der Waals surface area contributed by atoms with Gasteiger partial charge in [0, 0.05) is 13.1 Å². The zero-order chi connectivity index (χ0) is 20.5. The maximum Gasteiger partial charge on any atom is 0.276 e. The molecule has 0 radical (unpaired) electrons. The number of sulfonamides is 1. The molecular weight excluding hydrogens is 409 g/mol. The summed E-state index contributed by atoms with van der Waals surface area (Å²) in [6.07, 6.45) is 1.88. The van der Waals surface area contributed by atoms with Crippen LogP contribution in [0.5, 0.6) is 0 Å². The summed E-state index contributed by atoms with van der Waals surface area (Å²) in [5, 5.41) is -0.293. The molecule has 0 saturated carbocycles. The fourth-order valence-electron chi connectivity index (χ4n) is 2.97. The molecule has 28 heavy (non-hydrogen) atoms. The summed E-state index contributed by atoms with van der Waals surface area (Å²) < 4.78 is 45.7. The van der Waals surface area contributed by atoms with Gasteiger partial charge in [0.2, 0.25) is 15.9 Å². The number of rotatable bonds is 5. The third kappa shape index (κ3) is 4.53. The minimum Gasteiger partial charge on any atom is -0.444 e. The van der Waals surface area contributed by atoms with E-state index in [-0.39, 0.29) is 34.0 Å². The number of carbonyl (C=O) groups is 1. The quantitative estimate of drug-likeness (QED) is 0.788. The molecule has 1 fully saturated rings. The van der Waals surface area contributed by atoms with Gasteiger partial charge in [-0.3, -0.25) is 4.79 Å². The average molecular weight is 430 g/mol. The third-order valence-corrected chi connectivity index (χ3v) is 6.42. The second-order valence-corrected chi connectivity index (χ2v) is 9.06. The summed E-state index contributed by atoms with van der Waals surface area (Å²) >= 11 is 5.64. The molecule has 0 bridgehead atoms. The molecule has 1 aromatic carbocycles. The monoisotopic (exact) mass is 429 g/mol. The molecule has 152 valence electrons. The first-order chi connectivity index (χ1) is 13.2. The highest BCUT2D eigenvalue weighted by molar-refractivity contribution is 7.89. The Morgan fingerprint density at radius 2 is 2.07 bits per heavy atom. The average Bonchev–Trinajstić information content (AvgIpc) is 3.03. The minimum absolute atomic E-state index is 0.0722. The van der Waals surface area contributed by atoms with Gasteiger partial charge in [0.05, 0.1) is 16.5 Å². The number of oxazole rings is 1. The Bertz CT molecular complexity index is 985. The SMILES string of the molecule is Cc1oc(CNS(=O)(=O)c2ccc(F)c(Cl)c2)nc1C(=O)N1CCC(C)CC1. The zero-order valence-electron chi connectivity index (χ0n) is 15.5. The van der Waals surface area contributed by atoms with Gasteiger partial charge in [0.15, 0.2) is 5.69 Å². The smallest absolute Gasteiger partial charge is 0.276 e. The number of nitrogens with zero attached hydrogens (tertiary/aromatic N) is 2. The van der Waals surface area contributed by atoms with Gasteiger partial charge in [-0.05, 0) is 43.9 Å². The summed E-state index contributed by atoms with van der Waals surface area (Å²) in [7, 11) is -3.94. The molecule has 3 rings (SSSR count). The van der Waals surface area contributed by atoms with E-state index in [0.717, 1.165) is 31.0 Å². The van der Waals surface area contributed by atoms with E-state index in [9.17, 15) is 17.6 Å². The number of piperidine rings is 1. The maximum absolute atomic E-state index is 13.2. The van der Waals surface area contributed by atoms with Crippen LogP contribution in [0.2, 0.25) is 5.02 Å². The number of hydrogen-bond acceptors (Lipinski definition) is 5. The lowest BCUT2D eigenvalue weighted by atomic mass is 9.99. The van der Waals surface area contributed by atoms with Gasteiger partial charge in [-0.1, -0.05) is 18.5 Å². The minimum atomic E-state index is -3.94. The molecule has 1 saturated heterocycles.